The zero-order valence-electron chi connectivity index (χ0n) is 10.6. The van der Waals surface area contributed by atoms with Crippen molar-refractivity contribution in [1.82, 2.24) is 0 Å². The molecule has 0 bridgehead atoms. The first-order valence-electron chi connectivity index (χ1n) is 5.88. The van der Waals surface area contributed by atoms with Crippen molar-refractivity contribution in [3.05, 3.63) is 32.8 Å². The number of sulfonamides is 1. The van der Waals surface area contributed by atoms with E-state index in [1.165, 1.54) is 0 Å². The highest BCUT2D eigenvalue weighted by molar-refractivity contribution is 7.89. The van der Waals surface area contributed by atoms with Crippen LogP contribution in [0.4, 0.5) is 5.69 Å². The van der Waals surface area contributed by atoms with Crippen molar-refractivity contribution >= 4 is 33.3 Å². The Balaban J connectivity index is 2.44. The van der Waals surface area contributed by atoms with Gasteiger partial charge in [-0.1, -0.05) is 11.6 Å². The lowest BCUT2D eigenvalue weighted by molar-refractivity contribution is -0.385. The number of rotatable bonds is 5. The highest BCUT2D eigenvalue weighted by atomic mass is 35.5. The molecule has 21 heavy (non-hydrogen) atoms. The minimum Gasteiger partial charge on any atom is -0.462 e. The van der Waals surface area contributed by atoms with Gasteiger partial charge in [0.1, 0.15) is 4.90 Å². The summed E-state index contributed by atoms with van der Waals surface area (Å²) in [4.78, 5) is 21.2. The number of nitro groups is 1. The number of ether oxygens (including phenoxy) is 1. The highest BCUT2D eigenvalue weighted by Crippen LogP contribution is 2.32. The molecule has 8 nitrogen and oxygen atoms in total. The Morgan fingerprint density at radius 2 is 2.10 bits per heavy atom. The van der Waals surface area contributed by atoms with Gasteiger partial charge in [-0.25, -0.2) is 18.4 Å². The monoisotopic (exact) mass is 334 g/mol. The largest absolute Gasteiger partial charge is 0.462 e. The molecule has 2 rings (SSSR count). The van der Waals surface area contributed by atoms with Crippen molar-refractivity contribution in [2.75, 3.05) is 6.61 Å². The van der Waals surface area contributed by atoms with Crippen LogP contribution in [-0.4, -0.2) is 25.9 Å². The molecule has 1 fully saturated rings. The normalized spacial score (nSPS) is 14.8. The fraction of sp³-hybridized carbons (Fsp3) is 0.364. The second-order valence-electron chi connectivity index (χ2n) is 4.65. The molecule has 0 spiro atoms. The zero-order valence-corrected chi connectivity index (χ0v) is 12.2. The van der Waals surface area contributed by atoms with Crippen LogP contribution in [0.5, 0.6) is 0 Å². The molecular formula is C11H11ClN2O6S. The van der Waals surface area contributed by atoms with Crippen molar-refractivity contribution in [3.63, 3.8) is 0 Å². The van der Waals surface area contributed by atoms with Crippen LogP contribution >= 0.6 is 11.6 Å². The van der Waals surface area contributed by atoms with Crippen molar-refractivity contribution in [2.24, 2.45) is 11.1 Å². The van der Waals surface area contributed by atoms with Gasteiger partial charge in [-0.2, -0.15) is 0 Å². The number of nitrogens with zero attached hydrogens (tertiary/aromatic N) is 1. The molecular weight excluding hydrogens is 324 g/mol. The molecule has 0 atom stereocenters. The number of nitro benzene ring substituents is 1. The lowest BCUT2D eigenvalue weighted by Gasteiger charge is -2.08. The number of esters is 1. The van der Waals surface area contributed by atoms with Gasteiger partial charge in [0.15, 0.2) is 0 Å². The molecule has 0 aromatic heterocycles. The number of hydrogen-bond acceptors (Lipinski definition) is 6. The Bertz CT molecular complexity index is 714. The number of carbonyl (C=O) groups excluding carboxylic acids is 1. The van der Waals surface area contributed by atoms with Crippen molar-refractivity contribution < 1.29 is 22.9 Å². The van der Waals surface area contributed by atoms with Gasteiger partial charge in [-0.05, 0) is 18.8 Å². The summed E-state index contributed by atoms with van der Waals surface area (Å²) >= 11 is 5.81. The van der Waals surface area contributed by atoms with Gasteiger partial charge in [0.2, 0.25) is 10.0 Å². The van der Waals surface area contributed by atoms with Gasteiger partial charge in [0.05, 0.1) is 22.1 Å². The summed E-state index contributed by atoms with van der Waals surface area (Å²) in [5.74, 6) is -0.635. The topological polar surface area (TPSA) is 130 Å². The summed E-state index contributed by atoms with van der Waals surface area (Å²) in [5, 5.41) is 15.3. The zero-order chi connectivity index (χ0) is 15.8. The van der Waals surface area contributed by atoms with Gasteiger partial charge >= 0.3 is 5.97 Å². The average Bonchev–Trinajstić information content (AvgIpc) is 3.18. The van der Waals surface area contributed by atoms with Gasteiger partial charge in [-0.15, -0.1) is 0 Å². The third-order valence-corrected chi connectivity index (χ3v) is 4.36. The highest BCUT2D eigenvalue weighted by Gasteiger charge is 2.28. The van der Waals surface area contributed by atoms with Gasteiger partial charge in [0, 0.05) is 12.1 Å². The first kappa shape index (κ1) is 15.7. The van der Waals surface area contributed by atoms with E-state index in [1.54, 1.807) is 0 Å². The van der Waals surface area contributed by atoms with E-state index in [0.717, 1.165) is 18.9 Å². The SMILES string of the molecule is NS(=O)(=O)c1cc([N+](=O)[O-])cc(C(=O)OCC2CC2)c1Cl. The lowest BCUT2D eigenvalue weighted by atomic mass is 10.2. The Kier molecular flexibility index (Phi) is 4.17. The van der Waals surface area contributed by atoms with E-state index in [0.29, 0.717) is 6.07 Å². The molecule has 1 saturated carbocycles. The van der Waals surface area contributed by atoms with E-state index in [1.807, 2.05) is 0 Å². The fourth-order valence-electron chi connectivity index (χ4n) is 1.60. The minimum absolute atomic E-state index is 0.169. The maximum Gasteiger partial charge on any atom is 0.339 e. The third-order valence-electron chi connectivity index (χ3n) is 2.91. The molecule has 0 aliphatic heterocycles. The first-order chi connectivity index (χ1) is 9.70. The standard InChI is InChI=1S/C11H11ClN2O6S/c12-10-8(11(15)20-5-6-1-2-6)3-7(14(16)17)4-9(10)21(13,18)19/h3-4,6H,1-2,5H2,(H2,13,18,19). The number of non-ortho nitro benzene ring substituents is 1. The summed E-state index contributed by atoms with van der Waals surface area (Å²) < 4.78 is 27.7. The van der Waals surface area contributed by atoms with Crippen LogP contribution in [0.1, 0.15) is 23.2 Å². The van der Waals surface area contributed by atoms with E-state index < -0.39 is 42.1 Å². The van der Waals surface area contributed by atoms with Crippen LogP contribution in [0, 0.1) is 16.0 Å². The van der Waals surface area contributed by atoms with E-state index in [2.05, 4.69) is 0 Å². The smallest absolute Gasteiger partial charge is 0.339 e. The number of carbonyl (C=O) groups is 1. The number of benzene rings is 1. The molecule has 0 unspecified atom stereocenters. The summed E-state index contributed by atoms with van der Waals surface area (Å²) in [6.45, 7) is 0.169. The molecule has 1 aromatic rings. The minimum atomic E-state index is -4.31. The van der Waals surface area contributed by atoms with Gasteiger partial charge in [0.25, 0.3) is 5.69 Å². The van der Waals surface area contributed by atoms with Crippen molar-refractivity contribution in [1.29, 1.82) is 0 Å². The summed E-state index contributed by atoms with van der Waals surface area (Å²) in [6, 6.07) is 1.57. The Hall–Kier alpha value is -1.71. The second-order valence-corrected chi connectivity index (χ2v) is 6.56. The van der Waals surface area contributed by atoms with Crippen molar-refractivity contribution in [2.45, 2.75) is 17.7 Å². The molecule has 114 valence electrons. The van der Waals surface area contributed by atoms with Crippen molar-refractivity contribution in [3.8, 4) is 0 Å². The maximum atomic E-state index is 11.9. The molecule has 1 aliphatic carbocycles. The van der Waals surface area contributed by atoms with Crippen LogP contribution in [-0.2, 0) is 14.8 Å². The predicted octanol–water partition coefficient (Wildman–Crippen LogP) is 1.46. The molecule has 0 heterocycles. The fourth-order valence-corrected chi connectivity index (χ4v) is 2.75. The van der Waals surface area contributed by atoms with E-state index >= 15 is 0 Å². The Morgan fingerprint density at radius 1 is 1.48 bits per heavy atom. The number of nitrogens with two attached hydrogens (primary N) is 1. The molecule has 0 radical (unpaired) electrons. The van der Waals surface area contributed by atoms with Crippen LogP contribution in [0.3, 0.4) is 0 Å². The van der Waals surface area contributed by atoms with E-state index in [4.69, 9.17) is 21.5 Å². The maximum absolute atomic E-state index is 11.9. The van der Waals surface area contributed by atoms with Gasteiger partial charge in [-0.3, -0.25) is 10.1 Å². The predicted molar refractivity (Wildman–Crippen MR) is 72.5 cm³/mol. The quantitative estimate of drug-likeness (QED) is 0.493. The molecule has 1 aliphatic rings. The van der Waals surface area contributed by atoms with E-state index in [9.17, 15) is 23.3 Å². The summed E-state index contributed by atoms with van der Waals surface area (Å²) in [6.07, 6.45) is 1.89. The molecule has 1 aromatic carbocycles. The van der Waals surface area contributed by atoms with Crippen LogP contribution in [0.25, 0.3) is 0 Å². The summed E-state index contributed by atoms with van der Waals surface area (Å²) in [7, 11) is -4.31. The van der Waals surface area contributed by atoms with E-state index in [-0.39, 0.29) is 12.5 Å². The summed E-state index contributed by atoms with van der Waals surface area (Å²) in [5.41, 5.74) is -1.00. The second kappa shape index (κ2) is 5.58. The number of halogens is 1. The van der Waals surface area contributed by atoms with Crippen LogP contribution in [0.2, 0.25) is 5.02 Å². The Labute approximate surface area is 125 Å². The lowest BCUT2D eigenvalue weighted by Crippen LogP contribution is -2.16. The molecule has 0 amide bonds. The molecule has 0 saturated heterocycles. The van der Waals surface area contributed by atoms with Crippen LogP contribution < -0.4 is 5.14 Å². The first-order valence-corrected chi connectivity index (χ1v) is 7.80. The number of primary sulfonamides is 1. The Morgan fingerprint density at radius 3 is 2.57 bits per heavy atom. The molecule has 2 N–H and O–H groups in total. The van der Waals surface area contributed by atoms with Gasteiger partial charge < -0.3 is 4.74 Å². The molecule has 10 heteroatoms. The third kappa shape index (κ3) is 3.69. The van der Waals surface area contributed by atoms with Crippen LogP contribution in [0.15, 0.2) is 17.0 Å². The average molecular weight is 335 g/mol. The number of hydrogen-bond donors (Lipinski definition) is 1.